The van der Waals surface area contributed by atoms with Crippen LogP contribution in [0.2, 0.25) is 0 Å². The summed E-state index contributed by atoms with van der Waals surface area (Å²) in [5, 5.41) is 2.96. The Kier molecular flexibility index (Phi) is 4.75. The maximum absolute atomic E-state index is 12.5. The molecule has 0 unspecified atom stereocenters. The molecule has 3 N–H and O–H groups in total. The number of nitrogens with one attached hydrogen (secondary N) is 1. The first kappa shape index (κ1) is 15.3. The lowest BCUT2D eigenvalue weighted by Gasteiger charge is -2.28. The van der Waals surface area contributed by atoms with Gasteiger partial charge in [-0.3, -0.25) is 4.79 Å². The van der Waals surface area contributed by atoms with E-state index in [4.69, 9.17) is 10.2 Å². The Labute approximate surface area is 124 Å². The van der Waals surface area contributed by atoms with Crippen molar-refractivity contribution >= 4 is 11.6 Å². The molecule has 2 aromatic rings. The highest BCUT2D eigenvalue weighted by Crippen LogP contribution is 2.28. The fourth-order valence-electron chi connectivity index (χ4n) is 2.32. The van der Waals surface area contributed by atoms with Crippen LogP contribution in [-0.4, -0.2) is 17.4 Å². The molecule has 1 aromatic carbocycles. The minimum Gasteiger partial charge on any atom is -0.444 e. The molecule has 1 amide bonds. The lowest BCUT2D eigenvalue weighted by atomic mass is 9.81. The first-order valence-corrected chi connectivity index (χ1v) is 7.15. The summed E-state index contributed by atoms with van der Waals surface area (Å²) in [7, 11) is 0. The van der Waals surface area contributed by atoms with Crippen molar-refractivity contribution in [3.8, 4) is 11.3 Å². The summed E-state index contributed by atoms with van der Waals surface area (Å²) < 4.78 is 5.27. The Morgan fingerprint density at radius 3 is 2.71 bits per heavy atom. The average Bonchev–Trinajstić information content (AvgIpc) is 3.04. The molecule has 0 aliphatic heterocycles. The van der Waals surface area contributed by atoms with Crippen molar-refractivity contribution in [1.82, 2.24) is 4.98 Å². The summed E-state index contributed by atoms with van der Waals surface area (Å²) in [6.45, 7) is 4.31. The normalized spacial score (nSPS) is 11.4. The molecule has 0 radical (unpaired) electrons. The highest BCUT2D eigenvalue weighted by Gasteiger charge is 2.33. The second-order valence-electron chi connectivity index (χ2n) is 5.09. The molecule has 0 aliphatic carbocycles. The number of carbonyl (C=O) groups is 1. The Hall–Kier alpha value is -2.14. The zero-order valence-electron chi connectivity index (χ0n) is 12.4. The first-order valence-electron chi connectivity index (χ1n) is 7.15. The highest BCUT2D eigenvalue weighted by atomic mass is 16.3. The predicted molar refractivity (Wildman–Crippen MR) is 82.6 cm³/mol. The first-order chi connectivity index (χ1) is 10.1. The van der Waals surface area contributed by atoms with Crippen LogP contribution in [0, 0.1) is 5.41 Å². The molecule has 2 rings (SSSR count). The highest BCUT2D eigenvalue weighted by molar-refractivity contribution is 5.95. The molecule has 5 nitrogen and oxygen atoms in total. The van der Waals surface area contributed by atoms with Crippen molar-refractivity contribution in [3.63, 3.8) is 0 Å². The van der Waals surface area contributed by atoms with Gasteiger partial charge in [-0.05, 0) is 25.0 Å². The van der Waals surface area contributed by atoms with E-state index in [9.17, 15) is 4.79 Å². The molecule has 0 fully saturated rings. The van der Waals surface area contributed by atoms with Gasteiger partial charge in [-0.25, -0.2) is 4.98 Å². The van der Waals surface area contributed by atoms with Crippen LogP contribution >= 0.6 is 0 Å². The number of hydrogen-bond acceptors (Lipinski definition) is 4. The van der Waals surface area contributed by atoms with Gasteiger partial charge in [0.15, 0.2) is 12.2 Å². The van der Waals surface area contributed by atoms with E-state index in [1.807, 2.05) is 38.1 Å². The van der Waals surface area contributed by atoms with E-state index in [1.54, 1.807) is 6.20 Å². The number of aromatic nitrogens is 1. The maximum Gasteiger partial charge on any atom is 0.231 e. The fraction of sp³-hybridized carbons (Fsp3) is 0.375. The summed E-state index contributed by atoms with van der Waals surface area (Å²) in [5.74, 6) is 0.631. The van der Waals surface area contributed by atoms with Crippen molar-refractivity contribution in [2.75, 3.05) is 11.9 Å². The zero-order valence-corrected chi connectivity index (χ0v) is 12.4. The van der Waals surface area contributed by atoms with Gasteiger partial charge in [0.25, 0.3) is 0 Å². The maximum atomic E-state index is 12.5. The van der Waals surface area contributed by atoms with Gasteiger partial charge in [0.2, 0.25) is 5.91 Å². The number of anilines is 1. The summed E-state index contributed by atoms with van der Waals surface area (Å²) in [6, 6.07) is 7.50. The number of nitrogens with zero attached hydrogens (tertiary/aromatic N) is 1. The largest absolute Gasteiger partial charge is 0.444 e. The molecule has 112 valence electrons. The Bertz CT molecular complexity index is 581. The molecule has 0 atom stereocenters. The topological polar surface area (TPSA) is 81.2 Å². The van der Waals surface area contributed by atoms with Crippen LogP contribution in [0.3, 0.4) is 0 Å². The Balaban J connectivity index is 2.20. The van der Waals surface area contributed by atoms with Crippen LogP contribution in [-0.2, 0) is 4.79 Å². The van der Waals surface area contributed by atoms with E-state index < -0.39 is 5.41 Å². The smallest absolute Gasteiger partial charge is 0.231 e. The number of nitrogens with two attached hydrogens (primary N) is 1. The monoisotopic (exact) mass is 287 g/mol. The number of rotatable bonds is 6. The quantitative estimate of drug-likeness (QED) is 0.855. The van der Waals surface area contributed by atoms with Crippen molar-refractivity contribution in [1.29, 1.82) is 0 Å². The SMILES string of the molecule is CCC(CC)(CN)C(=O)Nc1cccc(-c2cnco2)c1. The Morgan fingerprint density at radius 2 is 2.14 bits per heavy atom. The van der Waals surface area contributed by atoms with E-state index in [-0.39, 0.29) is 5.91 Å². The molecule has 0 aliphatic rings. The average molecular weight is 287 g/mol. The van der Waals surface area contributed by atoms with Crippen molar-refractivity contribution in [2.45, 2.75) is 26.7 Å². The van der Waals surface area contributed by atoms with Crippen LogP contribution in [0.15, 0.2) is 41.3 Å². The predicted octanol–water partition coefficient (Wildman–Crippen LogP) is 3.05. The van der Waals surface area contributed by atoms with Gasteiger partial charge in [0.1, 0.15) is 0 Å². The zero-order chi connectivity index (χ0) is 15.3. The molecule has 0 saturated heterocycles. The third-order valence-corrected chi connectivity index (χ3v) is 4.06. The van der Waals surface area contributed by atoms with Gasteiger partial charge >= 0.3 is 0 Å². The minimum atomic E-state index is -0.512. The number of amides is 1. The van der Waals surface area contributed by atoms with E-state index in [0.717, 1.165) is 11.3 Å². The number of oxazole rings is 1. The van der Waals surface area contributed by atoms with Gasteiger partial charge in [-0.1, -0.05) is 26.0 Å². The summed E-state index contributed by atoms with van der Waals surface area (Å²) in [5.41, 5.74) is 6.90. The standard InChI is InChI=1S/C16H21N3O2/c1-3-16(4-2,10-17)15(20)19-13-7-5-6-12(8-13)14-9-18-11-21-14/h5-9,11H,3-4,10,17H2,1-2H3,(H,19,20). The molecular weight excluding hydrogens is 266 g/mol. The third-order valence-electron chi connectivity index (χ3n) is 4.06. The minimum absolute atomic E-state index is 0.0373. The molecule has 21 heavy (non-hydrogen) atoms. The third kappa shape index (κ3) is 3.13. The number of benzene rings is 1. The van der Waals surface area contributed by atoms with Gasteiger partial charge < -0.3 is 15.5 Å². The second-order valence-corrected chi connectivity index (χ2v) is 5.09. The van der Waals surface area contributed by atoms with Crippen LogP contribution in [0.1, 0.15) is 26.7 Å². The van der Waals surface area contributed by atoms with Crippen LogP contribution < -0.4 is 11.1 Å². The molecular formula is C16H21N3O2. The van der Waals surface area contributed by atoms with Crippen LogP contribution in [0.5, 0.6) is 0 Å². The van der Waals surface area contributed by atoms with Crippen molar-refractivity contribution < 1.29 is 9.21 Å². The van der Waals surface area contributed by atoms with Gasteiger partial charge in [0.05, 0.1) is 11.6 Å². The van der Waals surface area contributed by atoms with Gasteiger partial charge in [-0.15, -0.1) is 0 Å². The van der Waals surface area contributed by atoms with E-state index in [0.29, 0.717) is 25.1 Å². The molecule has 0 spiro atoms. The fourth-order valence-corrected chi connectivity index (χ4v) is 2.32. The van der Waals surface area contributed by atoms with Crippen molar-refractivity contribution in [2.24, 2.45) is 11.1 Å². The molecule has 1 heterocycles. The van der Waals surface area contributed by atoms with Gasteiger partial charge in [-0.2, -0.15) is 0 Å². The lowest BCUT2D eigenvalue weighted by molar-refractivity contribution is -0.125. The van der Waals surface area contributed by atoms with Crippen molar-refractivity contribution in [3.05, 3.63) is 36.9 Å². The van der Waals surface area contributed by atoms with E-state index in [2.05, 4.69) is 10.3 Å². The van der Waals surface area contributed by atoms with E-state index >= 15 is 0 Å². The van der Waals surface area contributed by atoms with E-state index in [1.165, 1.54) is 6.39 Å². The number of hydrogen-bond donors (Lipinski definition) is 2. The van der Waals surface area contributed by atoms with Crippen LogP contribution in [0.4, 0.5) is 5.69 Å². The molecule has 0 bridgehead atoms. The summed E-state index contributed by atoms with van der Waals surface area (Å²) in [6.07, 6.45) is 4.46. The van der Waals surface area contributed by atoms with Gasteiger partial charge in [0, 0.05) is 17.8 Å². The number of carbonyl (C=O) groups excluding carboxylic acids is 1. The molecule has 0 saturated carbocycles. The summed E-state index contributed by atoms with van der Waals surface area (Å²) >= 11 is 0. The molecule has 5 heteroatoms. The Morgan fingerprint density at radius 1 is 1.38 bits per heavy atom. The van der Waals surface area contributed by atoms with Crippen LogP contribution in [0.25, 0.3) is 11.3 Å². The lowest BCUT2D eigenvalue weighted by Crippen LogP contribution is -2.41. The summed E-state index contributed by atoms with van der Waals surface area (Å²) in [4.78, 5) is 16.4. The molecule has 1 aromatic heterocycles. The second kappa shape index (κ2) is 6.54.